The molecule has 35 heavy (non-hydrogen) atoms. The molecule has 8 heteroatoms. The lowest BCUT2D eigenvalue weighted by Gasteiger charge is -2.29. The molecule has 1 saturated heterocycles. The lowest BCUT2D eigenvalue weighted by atomic mass is 10.0. The number of benzene rings is 3. The van der Waals surface area contributed by atoms with Gasteiger partial charge in [-0.3, -0.25) is 0 Å². The van der Waals surface area contributed by atoms with Crippen molar-refractivity contribution in [3.8, 4) is 11.3 Å². The molecule has 180 valence electrons. The third kappa shape index (κ3) is 4.52. The van der Waals surface area contributed by atoms with Crippen molar-refractivity contribution in [2.75, 3.05) is 38.5 Å². The number of piperazine rings is 1. The van der Waals surface area contributed by atoms with E-state index in [0.29, 0.717) is 29.5 Å². The Labute approximate surface area is 206 Å². The number of aromatic nitrogens is 2. The minimum absolute atomic E-state index is 0.336. The van der Waals surface area contributed by atoms with Gasteiger partial charge in [0.1, 0.15) is 5.69 Å². The van der Waals surface area contributed by atoms with Gasteiger partial charge < -0.3 is 10.2 Å². The number of fused-ring (bicyclic) bond motifs is 1. The second-order valence-electron chi connectivity index (χ2n) is 9.22. The molecule has 0 aliphatic carbocycles. The average molecular weight is 489 g/mol. The van der Waals surface area contributed by atoms with Gasteiger partial charge in [0.25, 0.3) is 0 Å². The number of hydrogen-bond acceptors (Lipinski definition) is 5. The Morgan fingerprint density at radius 2 is 1.54 bits per heavy atom. The van der Waals surface area contributed by atoms with Crippen molar-refractivity contribution < 1.29 is 13.3 Å². The molecule has 1 fully saturated rings. The topological polar surface area (TPSA) is 79.6 Å². The van der Waals surface area contributed by atoms with Crippen LogP contribution in [0.2, 0.25) is 0 Å². The first-order valence-electron chi connectivity index (χ1n) is 11.8. The molecular formula is C27H30N5O2S+. The molecule has 0 spiro atoms. The zero-order valence-corrected chi connectivity index (χ0v) is 21.1. The number of para-hydroxylation sites is 1. The summed E-state index contributed by atoms with van der Waals surface area (Å²) in [6.45, 7) is 6.56. The van der Waals surface area contributed by atoms with Gasteiger partial charge in [-0.1, -0.05) is 54.6 Å². The fourth-order valence-electron chi connectivity index (χ4n) is 4.52. The van der Waals surface area contributed by atoms with E-state index in [4.69, 9.17) is 0 Å². The largest absolute Gasteiger partial charge is 0.338 e. The molecule has 7 nitrogen and oxygen atoms in total. The highest BCUT2D eigenvalue weighted by Crippen LogP contribution is 2.33. The summed E-state index contributed by atoms with van der Waals surface area (Å²) in [5.41, 5.74) is 4.21. The second-order valence-corrected chi connectivity index (χ2v) is 11.1. The van der Waals surface area contributed by atoms with Crippen LogP contribution in [0, 0.1) is 13.8 Å². The number of sulfonamides is 1. The maximum Gasteiger partial charge on any atom is 0.243 e. The zero-order chi connectivity index (χ0) is 24.6. The monoisotopic (exact) mass is 488 g/mol. The molecule has 2 N–H and O–H groups in total. The minimum Gasteiger partial charge on any atom is -0.338 e. The predicted octanol–water partition coefficient (Wildman–Crippen LogP) is 3.18. The Hall–Kier alpha value is -3.33. The molecule has 5 rings (SSSR count). The van der Waals surface area contributed by atoms with Crippen LogP contribution in [0.3, 0.4) is 0 Å². The lowest BCUT2D eigenvalue weighted by Crippen LogP contribution is -3.12. The molecule has 1 aliphatic rings. The van der Waals surface area contributed by atoms with E-state index in [9.17, 15) is 8.42 Å². The highest BCUT2D eigenvalue weighted by atomic mass is 32.2. The van der Waals surface area contributed by atoms with Crippen molar-refractivity contribution in [2.45, 2.75) is 18.7 Å². The molecule has 0 saturated carbocycles. The number of likely N-dealkylation sites (N-methyl/N-ethyl adjacent to an activating group) is 1. The Morgan fingerprint density at radius 1 is 0.857 bits per heavy atom. The number of aryl methyl sites for hydroxylation is 2. The third-order valence-electron chi connectivity index (χ3n) is 6.74. The Morgan fingerprint density at radius 3 is 2.29 bits per heavy atom. The van der Waals surface area contributed by atoms with Crippen molar-refractivity contribution in [3.63, 3.8) is 0 Å². The van der Waals surface area contributed by atoms with Crippen LogP contribution in [0.1, 0.15) is 11.1 Å². The normalized spacial score (nSPS) is 15.4. The van der Waals surface area contributed by atoms with E-state index in [2.05, 4.69) is 22.6 Å². The van der Waals surface area contributed by atoms with Gasteiger partial charge in [0.15, 0.2) is 5.82 Å². The maximum atomic E-state index is 13.5. The van der Waals surface area contributed by atoms with Gasteiger partial charge >= 0.3 is 0 Å². The summed E-state index contributed by atoms with van der Waals surface area (Å²) in [7, 11) is -1.50. The van der Waals surface area contributed by atoms with E-state index in [1.165, 1.54) is 4.90 Å². The van der Waals surface area contributed by atoms with Crippen molar-refractivity contribution in [1.29, 1.82) is 0 Å². The summed E-state index contributed by atoms with van der Waals surface area (Å²) >= 11 is 0. The van der Waals surface area contributed by atoms with Crippen LogP contribution in [0.25, 0.3) is 22.0 Å². The number of nitrogens with zero attached hydrogens (tertiary/aromatic N) is 3. The summed E-state index contributed by atoms with van der Waals surface area (Å²) in [5.74, 6) is 0.665. The average Bonchev–Trinajstić information content (AvgIpc) is 2.86. The molecular weight excluding hydrogens is 458 g/mol. The zero-order valence-electron chi connectivity index (χ0n) is 20.2. The molecule has 4 aromatic rings. The molecule has 1 aliphatic heterocycles. The third-order valence-corrected chi connectivity index (χ3v) is 8.78. The van der Waals surface area contributed by atoms with Gasteiger partial charge in [0.05, 0.1) is 38.1 Å². The van der Waals surface area contributed by atoms with Crippen molar-refractivity contribution in [2.24, 2.45) is 0 Å². The maximum absolute atomic E-state index is 13.5. The smallest absolute Gasteiger partial charge is 0.243 e. The Bertz CT molecular complexity index is 1490. The lowest BCUT2D eigenvalue weighted by molar-refractivity contribution is -0.883. The van der Waals surface area contributed by atoms with Gasteiger partial charge in [-0.25, -0.2) is 8.42 Å². The van der Waals surface area contributed by atoms with E-state index >= 15 is 0 Å². The number of quaternary nitrogens is 1. The van der Waals surface area contributed by atoms with Gasteiger partial charge in [0, 0.05) is 22.0 Å². The molecule has 3 aromatic carbocycles. The van der Waals surface area contributed by atoms with E-state index in [-0.39, 0.29) is 0 Å². The first-order chi connectivity index (χ1) is 16.8. The highest BCUT2D eigenvalue weighted by Gasteiger charge is 2.30. The first kappa shape index (κ1) is 23.4. The van der Waals surface area contributed by atoms with E-state index < -0.39 is 10.0 Å². The van der Waals surface area contributed by atoms with Crippen molar-refractivity contribution >= 4 is 32.3 Å². The molecule has 0 bridgehead atoms. The van der Waals surface area contributed by atoms with Crippen LogP contribution in [0.5, 0.6) is 0 Å². The van der Waals surface area contributed by atoms with Gasteiger partial charge in [-0.05, 0) is 37.1 Å². The number of anilines is 2. The van der Waals surface area contributed by atoms with E-state index in [0.717, 1.165) is 46.2 Å². The van der Waals surface area contributed by atoms with Crippen LogP contribution in [0.15, 0.2) is 71.6 Å². The molecule has 2 heterocycles. The summed E-state index contributed by atoms with van der Waals surface area (Å²) in [4.78, 5) is 1.69. The second kappa shape index (κ2) is 9.37. The fourth-order valence-corrected chi connectivity index (χ4v) is 6.22. The molecule has 0 radical (unpaired) electrons. The number of nitrogens with one attached hydrogen (secondary N) is 2. The van der Waals surface area contributed by atoms with E-state index in [1.807, 2.05) is 74.5 Å². The molecule has 0 atom stereocenters. The standard InChI is InChI=1S/C27H29N5O2S/c1-19-8-4-7-11-24(19)28-27-23-10-6-5-9-22(23)26(29-30-27)21-13-12-20(2)25(18-21)35(33,34)32-16-14-31(3)15-17-32/h4-13,18H,14-17H2,1-3H3,(H,28,30)/p+1. The highest BCUT2D eigenvalue weighted by molar-refractivity contribution is 7.89. The summed E-state index contributed by atoms with van der Waals surface area (Å²) < 4.78 is 28.6. The van der Waals surface area contributed by atoms with Crippen LogP contribution >= 0.6 is 0 Å². The molecule has 0 amide bonds. The van der Waals surface area contributed by atoms with Crippen LogP contribution < -0.4 is 10.2 Å². The molecule has 0 unspecified atom stereocenters. The van der Waals surface area contributed by atoms with Gasteiger partial charge in [-0.2, -0.15) is 4.31 Å². The summed E-state index contributed by atoms with van der Waals surface area (Å²) in [5, 5.41) is 14.3. The Kier molecular flexibility index (Phi) is 6.27. The quantitative estimate of drug-likeness (QED) is 0.451. The predicted molar refractivity (Wildman–Crippen MR) is 140 cm³/mol. The van der Waals surface area contributed by atoms with Gasteiger partial charge in [-0.15, -0.1) is 10.2 Å². The Balaban J connectivity index is 1.57. The van der Waals surface area contributed by atoms with Gasteiger partial charge in [0.2, 0.25) is 10.0 Å². The van der Waals surface area contributed by atoms with Crippen molar-refractivity contribution in [1.82, 2.24) is 14.5 Å². The van der Waals surface area contributed by atoms with E-state index in [1.54, 1.807) is 10.4 Å². The SMILES string of the molecule is Cc1ccccc1Nc1nnc(-c2ccc(C)c(S(=O)(=O)N3CC[NH+](C)CC3)c2)c2ccccc12. The summed E-state index contributed by atoms with van der Waals surface area (Å²) in [6, 6.07) is 21.5. The first-order valence-corrected chi connectivity index (χ1v) is 13.3. The molecule has 1 aromatic heterocycles. The van der Waals surface area contributed by atoms with Crippen LogP contribution in [-0.2, 0) is 10.0 Å². The minimum atomic E-state index is -3.59. The summed E-state index contributed by atoms with van der Waals surface area (Å²) in [6.07, 6.45) is 0. The fraction of sp³-hybridized carbons (Fsp3) is 0.259. The van der Waals surface area contributed by atoms with Crippen LogP contribution in [0.4, 0.5) is 11.5 Å². The number of hydrogen-bond donors (Lipinski definition) is 2. The van der Waals surface area contributed by atoms with Crippen molar-refractivity contribution in [3.05, 3.63) is 77.9 Å². The number of rotatable bonds is 5. The van der Waals surface area contributed by atoms with Crippen LogP contribution in [-0.4, -0.2) is 56.1 Å².